The van der Waals surface area contributed by atoms with Crippen molar-refractivity contribution < 1.29 is 19.8 Å². The van der Waals surface area contributed by atoms with Crippen LogP contribution in [-0.2, 0) is 4.79 Å². The van der Waals surface area contributed by atoms with Gasteiger partial charge in [0, 0.05) is 5.56 Å². The lowest BCUT2D eigenvalue weighted by Crippen LogP contribution is -2.47. The fourth-order valence-corrected chi connectivity index (χ4v) is 0.856. The summed E-state index contributed by atoms with van der Waals surface area (Å²) in [6.07, 6.45) is -1.98. The molecule has 74 valence electrons. The summed E-state index contributed by atoms with van der Waals surface area (Å²) in [7, 11) is 0. The van der Waals surface area contributed by atoms with E-state index in [4.69, 9.17) is 5.11 Å². The van der Waals surface area contributed by atoms with Gasteiger partial charge in [-0.25, -0.2) is 0 Å². The van der Waals surface area contributed by atoms with Gasteiger partial charge >= 0.3 is 0 Å². The third-order valence-electron chi connectivity index (χ3n) is 1.53. The summed E-state index contributed by atoms with van der Waals surface area (Å²) >= 11 is 0. The van der Waals surface area contributed by atoms with Crippen molar-refractivity contribution in [2.24, 2.45) is 0 Å². The molecule has 14 heavy (non-hydrogen) atoms. The molecule has 0 saturated carbocycles. The summed E-state index contributed by atoms with van der Waals surface area (Å²) in [6.45, 7) is 0. The molecule has 5 heteroatoms. The van der Waals surface area contributed by atoms with Gasteiger partial charge in [0.1, 0.15) is 0 Å². The van der Waals surface area contributed by atoms with Crippen LogP contribution >= 0.6 is 0 Å². The maximum atomic E-state index is 11.2. The maximum Gasteiger partial charge on any atom is 0.253 e. The quantitative estimate of drug-likeness (QED) is 0.572. The Bertz CT molecular complexity index is 336. The monoisotopic (exact) mass is 194 g/mol. The van der Waals surface area contributed by atoms with E-state index < -0.39 is 18.1 Å². The summed E-state index contributed by atoms with van der Waals surface area (Å²) in [4.78, 5) is 21.3. The predicted octanol–water partition coefficient (Wildman–Crippen LogP) is -1.52. The number of carboxylic acid groups (broad SMARTS) is 1. The first-order chi connectivity index (χ1) is 6.61. The van der Waals surface area contributed by atoms with E-state index >= 15 is 0 Å². The summed E-state index contributed by atoms with van der Waals surface area (Å²) in [5, 5.41) is 20.7. The summed E-state index contributed by atoms with van der Waals surface area (Å²) in [5.74, 6) is -2.41. The third-order valence-corrected chi connectivity index (χ3v) is 1.53. The van der Waals surface area contributed by atoms with Crippen molar-refractivity contribution in [3.05, 3.63) is 35.9 Å². The van der Waals surface area contributed by atoms with Crippen molar-refractivity contribution in [1.29, 1.82) is 0 Å². The first-order valence-electron chi connectivity index (χ1n) is 3.86. The van der Waals surface area contributed by atoms with Crippen LogP contribution < -0.4 is 10.4 Å². The standard InChI is InChI=1S/C9H9NO4/c11-7(10-8(12)9(13)14)6-4-2-1-3-5-6/h1-5,8,12H,(H,10,11)(H,13,14)/p-1/t8-/m1/s1. The highest BCUT2D eigenvalue weighted by Crippen LogP contribution is 1.97. The predicted molar refractivity (Wildman–Crippen MR) is 44.9 cm³/mol. The molecule has 1 aromatic carbocycles. The molecule has 1 amide bonds. The first-order valence-corrected chi connectivity index (χ1v) is 3.86. The van der Waals surface area contributed by atoms with Crippen molar-refractivity contribution in [2.45, 2.75) is 6.23 Å². The minimum atomic E-state index is -1.98. The molecule has 0 saturated heterocycles. The SMILES string of the molecule is O=C(N[C@H](O)C(=O)[O-])c1ccccc1. The summed E-state index contributed by atoms with van der Waals surface area (Å²) in [5.41, 5.74) is 0.271. The maximum absolute atomic E-state index is 11.2. The molecule has 0 aliphatic rings. The number of carboxylic acids is 1. The van der Waals surface area contributed by atoms with Crippen LogP contribution in [0, 0.1) is 0 Å². The Labute approximate surface area is 80.0 Å². The number of aliphatic carboxylic acids is 1. The largest absolute Gasteiger partial charge is 0.545 e. The van der Waals surface area contributed by atoms with Crippen LogP contribution in [-0.4, -0.2) is 23.2 Å². The fraction of sp³-hybridized carbons (Fsp3) is 0.111. The van der Waals surface area contributed by atoms with E-state index in [0.717, 1.165) is 0 Å². The van der Waals surface area contributed by atoms with Crippen LogP contribution in [0.15, 0.2) is 30.3 Å². The van der Waals surface area contributed by atoms with E-state index in [1.165, 1.54) is 12.1 Å². The number of aliphatic hydroxyl groups excluding tert-OH is 1. The van der Waals surface area contributed by atoms with Gasteiger partial charge in [-0.05, 0) is 12.1 Å². The number of carbonyl (C=O) groups is 2. The van der Waals surface area contributed by atoms with Crippen LogP contribution in [0.3, 0.4) is 0 Å². The number of hydrogen-bond donors (Lipinski definition) is 2. The van der Waals surface area contributed by atoms with Gasteiger partial charge in [-0.2, -0.15) is 0 Å². The highest BCUT2D eigenvalue weighted by Gasteiger charge is 2.10. The molecule has 0 heterocycles. The number of nitrogens with one attached hydrogen (secondary N) is 1. The minimum absolute atomic E-state index is 0.271. The number of aliphatic hydroxyl groups is 1. The smallest absolute Gasteiger partial charge is 0.253 e. The molecule has 1 aromatic rings. The van der Waals surface area contributed by atoms with Crippen molar-refractivity contribution in [1.82, 2.24) is 5.32 Å². The average molecular weight is 194 g/mol. The molecular formula is C9H8NO4-. The molecule has 0 fully saturated rings. The van der Waals surface area contributed by atoms with Gasteiger partial charge in [-0.1, -0.05) is 18.2 Å². The van der Waals surface area contributed by atoms with Crippen LogP contribution in [0.1, 0.15) is 10.4 Å². The Morgan fingerprint density at radius 1 is 1.29 bits per heavy atom. The first kappa shape index (κ1) is 10.2. The van der Waals surface area contributed by atoms with Gasteiger partial charge in [0.25, 0.3) is 5.91 Å². The van der Waals surface area contributed by atoms with Crippen molar-refractivity contribution >= 4 is 11.9 Å². The number of amides is 1. The van der Waals surface area contributed by atoms with Crippen LogP contribution in [0.4, 0.5) is 0 Å². The lowest BCUT2D eigenvalue weighted by atomic mass is 10.2. The highest BCUT2D eigenvalue weighted by molar-refractivity contribution is 5.95. The lowest BCUT2D eigenvalue weighted by molar-refractivity contribution is -0.315. The normalized spacial score (nSPS) is 11.8. The van der Waals surface area contributed by atoms with E-state index in [0.29, 0.717) is 0 Å². The Kier molecular flexibility index (Phi) is 3.19. The Morgan fingerprint density at radius 3 is 2.36 bits per heavy atom. The van der Waals surface area contributed by atoms with Gasteiger partial charge in [-0.3, -0.25) is 4.79 Å². The van der Waals surface area contributed by atoms with E-state index in [9.17, 15) is 14.7 Å². The zero-order chi connectivity index (χ0) is 10.6. The van der Waals surface area contributed by atoms with Crippen LogP contribution in [0.25, 0.3) is 0 Å². The van der Waals surface area contributed by atoms with Gasteiger partial charge in [0.2, 0.25) is 0 Å². The fourth-order valence-electron chi connectivity index (χ4n) is 0.856. The number of hydrogen-bond acceptors (Lipinski definition) is 4. The third kappa shape index (κ3) is 2.56. The van der Waals surface area contributed by atoms with Crippen LogP contribution in [0.2, 0.25) is 0 Å². The molecule has 0 radical (unpaired) electrons. The molecule has 1 rings (SSSR count). The van der Waals surface area contributed by atoms with E-state index in [-0.39, 0.29) is 5.56 Å². The second-order valence-corrected chi connectivity index (χ2v) is 2.56. The second kappa shape index (κ2) is 4.38. The topological polar surface area (TPSA) is 89.5 Å². The number of carbonyl (C=O) groups excluding carboxylic acids is 2. The number of rotatable bonds is 3. The van der Waals surface area contributed by atoms with Gasteiger partial charge < -0.3 is 20.3 Å². The van der Waals surface area contributed by atoms with Gasteiger partial charge in [-0.15, -0.1) is 0 Å². The van der Waals surface area contributed by atoms with Crippen molar-refractivity contribution in [2.75, 3.05) is 0 Å². The molecular weight excluding hydrogens is 186 g/mol. The zero-order valence-corrected chi connectivity index (χ0v) is 7.14. The lowest BCUT2D eigenvalue weighted by Gasteiger charge is -2.12. The average Bonchev–Trinajstić information content (AvgIpc) is 2.19. The number of benzene rings is 1. The Balaban J connectivity index is 2.64. The van der Waals surface area contributed by atoms with E-state index in [1.54, 1.807) is 18.2 Å². The van der Waals surface area contributed by atoms with Crippen molar-refractivity contribution in [3.63, 3.8) is 0 Å². The minimum Gasteiger partial charge on any atom is -0.545 e. The molecule has 2 N–H and O–H groups in total. The molecule has 1 atom stereocenters. The molecule has 0 aliphatic heterocycles. The highest BCUT2D eigenvalue weighted by atomic mass is 16.4. The van der Waals surface area contributed by atoms with Crippen LogP contribution in [0.5, 0.6) is 0 Å². The van der Waals surface area contributed by atoms with E-state index in [2.05, 4.69) is 0 Å². The summed E-state index contributed by atoms with van der Waals surface area (Å²) in [6, 6.07) is 7.96. The molecule has 5 nitrogen and oxygen atoms in total. The van der Waals surface area contributed by atoms with Gasteiger partial charge in [0.05, 0.1) is 5.97 Å². The second-order valence-electron chi connectivity index (χ2n) is 2.56. The molecule has 0 spiro atoms. The Hall–Kier alpha value is -1.88. The van der Waals surface area contributed by atoms with Gasteiger partial charge in [0.15, 0.2) is 6.23 Å². The zero-order valence-electron chi connectivity index (χ0n) is 7.14. The van der Waals surface area contributed by atoms with Crippen molar-refractivity contribution in [3.8, 4) is 0 Å². The molecule has 0 unspecified atom stereocenters. The Morgan fingerprint density at radius 2 is 1.86 bits per heavy atom. The van der Waals surface area contributed by atoms with E-state index in [1.807, 2.05) is 5.32 Å². The molecule has 0 aromatic heterocycles. The molecule has 0 bridgehead atoms. The molecule has 0 aliphatic carbocycles. The summed E-state index contributed by atoms with van der Waals surface area (Å²) < 4.78 is 0.